The highest BCUT2D eigenvalue weighted by Gasteiger charge is 2.22. The van der Waals surface area contributed by atoms with Gasteiger partial charge in [0, 0.05) is 16.7 Å². The molecule has 2 aromatic rings. The summed E-state index contributed by atoms with van der Waals surface area (Å²) in [5.41, 5.74) is 3.12. The minimum Gasteiger partial charge on any atom is -0.386 e. The van der Waals surface area contributed by atoms with E-state index in [2.05, 4.69) is 27.2 Å². The molecule has 0 saturated carbocycles. The molecule has 3 rings (SSSR count). The Hall–Kier alpha value is -2.14. The number of halogens is 1. The van der Waals surface area contributed by atoms with Crippen LogP contribution in [0.4, 0.5) is 5.69 Å². The Bertz CT molecular complexity index is 713. The van der Waals surface area contributed by atoms with E-state index in [0.29, 0.717) is 0 Å². The van der Waals surface area contributed by atoms with Gasteiger partial charge in [-0.05, 0) is 42.2 Å². The third-order valence-corrected chi connectivity index (χ3v) is 4.27. The highest BCUT2D eigenvalue weighted by molar-refractivity contribution is 9.10. The summed E-state index contributed by atoms with van der Waals surface area (Å²) >= 11 is 3.38. The van der Waals surface area contributed by atoms with E-state index in [4.69, 9.17) is 4.84 Å². The summed E-state index contributed by atoms with van der Waals surface area (Å²) < 4.78 is 1.01. The van der Waals surface area contributed by atoms with Crippen LogP contribution in [0.25, 0.3) is 0 Å². The number of nitrogens with zero attached hydrogens (tertiary/aromatic N) is 2. The summed E-state index contributed by atoms with van der Waals surface area (Å²) in [6, 6.07) is 15.7. The van der Waals surface area contributed by atoms with Crippen molar-refractivity contribution in [1.29, 1.82) is 0 Å². The third kappa shape index (κ3) is 3.99. The van der Waals surface area contributed by atoms with Crippen molar-refractivity contribution in [2.24, 2.45) is 5.16 Å². The van der Waals surface area contributed by atoms with Crippen molar-refractivity contribution in [1.82, 2.24) is 0 Å². The molecule has 23 heavy (non-hydrogen) atoms. The summed E-state index contributed by atoms with van der Waals surface area (Å²) in [5, 5.41) is 3.87. The first kappa shape index (κ1) is 15.7. The predicted molar refractivity (Wildman–Crippen MR) is 94.8 cm³/mol. The average molecular weight is 373 g/mol. The van der Waals surface area contributed by atoms with Crippen LogP contribution in [-0.2, 0) is 16.1 Å². The zero-order chi connectivity index (χ0) is 16.1. The van der Waals surface area contributed by atoms with Crippen LogP contribution in [0, 0.1) is 0 Å². The first-order valence-corrected chi connectivity index (χ1v) is 8.32. The van der Waals surface area contributed by atoms with E-state index in [1.165, 1.54) is 5.56 Å². The van der Waals surface area contributed by atoms with E-state index < -0.39 is 0 Å². The Balaban J connectivity index is 1.57. The Morgan fingerprint density at radius 2 is 2.00 bits per heavy atom. The fourth-order valence-electron chi connectivity index (χ4n) is 2.61. The SMILES string of the molecule is O=C(CO/N=C\c1ccc(Br)cc1)N1CCCc2ccccc21. The summed E-state index contributed by atoms with van der Waals surface area (Å²) in [6.07, 6.45) is 3.59. The molecule has 1 amide bonds. The molecule has 1 aliphatic rings. The molecule has 2 aromatic carbocycles. The highest BCUT2D eigenvalue weighted by atomic mass is 79.9. The van der Waals surface area contributed by atoms with E-state index >= 15 is 0 Å². The highest BCUT2D eigenvalue weighted by Crippen LogP contribution is 2.26. The van der Waals surface area contributed by atoms with Gasteiger partial charge in [0.05, 0.1) is 6.21 Å². The molecule has 1 aliphatic heterocycles. The van der Waals surface area contributed by atoms with Gasteiger partial charge in [0.1, 0.15) is 0 Å². The molecule has 0 unspecified atom stereocenters. The van der Waals surface area contributed by atoms with Gasteiger partial charge in [-0.1, -0.05) is 51.4 Å². The number of amides is 1. The van der Waals surface area contributed by atoms with Gasteiger partial charge in [-0.3, -0.25) is 4.79 Å². The number of carbonyl (C=O) groups excluding carboxylic acids is 1. The van der Waals surface area contributed by atoms with Gasteiger partial charge in [0.15, 0.2) is 6.61 Å². The first-order chi connectivity index (χ1) is 11.2. The molecule has 0 aromatic heterocycles. The maximum absolute atomic E-state index is 12.3. The molecule has 1 heterocycles. The van der Waals surface area contributed by atoms with Crippen molar-refractivity contribution in [2.45, 2.75) is 12.8 Å². The Labute approximate surface area is 143 Å². The Morgan fingerprint density at radius 3 is 2.83 bits per heavy atom. The average Bonchev–Trinajstić information content (AvgIpc) is 2.59. The predicted octanol–water partition coefficient (Wildman–Crippen LogP) is 3.78. The van der Waals surface area contributed by atoms with Gasteiger partial charge < -0.3 is 9.74 Å². The molecule has 0 radical (unpaired) electrons. The number of hydrogen-bond donors (Lipinski definition) is 0. The minimum absolute atomic E-state index is 0.0542. The van der Waals surface area contributed by atoms with Crippen molar-refractivity contribution in [2.75, 3.05) is 18.1 Å². The number of rotatable bonds is 4. The van der Waals surface area contributed by atoms with Gasteiger partial charge >= 0.3 is 0 Å². The lowest BCUT2D eigenvalue weighted by atomic mass is 10.0. The largest absolute Gasteiger partial charge is 0.386 e. The third-order valence-electron chi connectivity index (χ3n) is 3.75. The first-order valence-electron chi connectivity index (χ1n) is 7.53. The maximum atomic E-state index is 12.3. The lowest BCUT2D eigenvalue weighted by molar-refractivity contribution is -0.123. The summed E-state index contributed by atoms with van der Waals surface area (Å²) in [5.74, 6) is -0.0647. The lowest BCUT2D eigenvalue weighted by Crippen LogP contribution is -2.37. The van der Waals surface area contributed by atoms with E-state index in [1.54, 1.807) is 11.1 Å². The van der Waals surface area contributed by atoms with Gasteiger partial charge in [-0.2, -0.15) is 0 Å². The van der Waals surface area contributed by atoms with Crippen LogP contribution in [0.15, 0.2) is 58.2 Å². The van der Waals surface area contributed by atoms with Crippen LogP contribution in [0.1, 0.15) is 17.5 Å². The van der Waals surface area contributed by atoms with E-state index in [1.807, 2.05) is 42.5 Å². The zero-order valence-electron chi connectivity index (χ0n) is 12.6. The Morgan fingerprint density at radius 1 is 1.22 bits per heavy atom. The molecule has 0 bridgehead atoms. The smallest absolute Gasteiger partial charge is 0.267 e. The molecular weight excluding hydrogens is 356 g/mol. The lowest BCUT2D eigenvalue weighted by Gasteiger charge is -2.28. The number of aryl methyl sites for hydroxylation is 1. The fraction of sp³-hybridized carbons (Fsp3) is 0.222. The normalized spacial score (nSPS) is 13.9. The monoisotopic (exact) mass is 372 g/mol. The van der Waals surface area contributed by atoms with Crippen molar-refractivity contribution in [3.05, 3.63) is 64.1 Å². The molecule has 118 valence electrons. The molecular formula is C18H17BrN2O2. The minimum atomic E-state index is -0.0647. The van der Waals surface area contributed by atoms with Gasteiger partial charge in [0.2, 0.25) is 0 Å². The molecule has 0 fully saturated rings. The van der Waals surface area contributed by atoms with Crippen molar-refractivity contribution in [3.63, 3.8) is 0 Å². The van der Waals surface area contributed by atoms with Crippen molar-refractivity contribution < 1.29 is 9.63 Å². The molecule has 0 aliphatic carbocycles. The Kier molecular flexibility index (Phi) is 5.08. The van der Waals surface area contributed by atoms with Gasteiger partial charge in [0.25, 0.3) is 5.91 Å². The number of para-hydroxylation sites is 1. The van der Waals surface area contributed by atoms with Crippen LogP contribution in [0.3, 0.4) is 0 Å². The van der Waals surface area contributed by atoms with Crippen LogP contribution in [0.2, 0.25) is 0 Å². The van der Waals surface area contributed by atoms with E-state index in [-0.39, 0.29) is 12.5 Å². The standard InChI is InChI=1S/C18H17BrN2O2/c19-16-9-7-14(8-10-16)12-20-23-13-18(22)21-11-3-5-15-4-1-2-6-17(15)21/h1-2,4,6-10,12H,3,5,11,13H2/b20-12-. The van der Waals surface area contributed by atoms with Crippen LogP contribution < -0.4 is 4.90 Å². The van der Waals surface area contributed by atoms with E-state index in [0.717, 1.165) is 35.1 Å². The van der Waals surface area contributed by atoms with Crippen LogP contribution in [0.5, 0.6) is 0 Å². The van der Waals surface area contributed by atoms with Crippen LogP contribution >= 0.6 is 15.9 Å². The quantitative estimate of drug-likeness (QED) is 0.605. The topological polar surface area (TPSA) is 41.9 Å². The molecule has 5 heteroatoms. The van der Waals surface area contributed by atoms with Crippen molar-refractivity contribution in [3.8, 4) is 0 Å². The molecule has 0 saturated heterocycles. The number of anilines is 1. The summed E-state index contributed by atoms with van der Waals surface area (Å²) in [7, 11) is 0. The number of carbonyl (C=O) groups is 1. The second-order valence-electron chi connectivity index (χ2n) is 5.34. The summed E-state index contributed by atoms with van der Waals surface area (Å²) in [4.78, 5) is 19.3. The fourth-order valence-corrected chi connectivity index (χ4v) is 2.87. The molecule has 0 atom stereocenters. The molecule has 4 nitrogen and oxygen atoms in total. The van der Waals surface area contributed by atoms with Crippen LogP contribution in [-0.4, -0.2) is 25.3 Å². The summed E-state index contributed by atoms with van der Waals surface area (Å²) in [6.45, 7) is 0.678. The second kappa shape index (κ2) is 7.42. The zero-order valence-corrected chi connectivity index (χ0v) is 14.2. The number of benzene rings is 2. The molecule has 0 N–H and O–H groups in total. The number of oxime groups is 1. The second-order valence-corrected chi connectivity index (χ2v) is 6.25. The number of hydrogen-bond acceptors (Lipinski definition) is 3. The van der Waals surface area contributed by atoms with Gasteiger partial charge in [-0.25, -0.2) is 0 Å². The van der Waals surface area contributed by atoms with Gasteiger partial charge in [-0.15, -0.1) is 0 Å². The number of fused-ring (bicyclic) bond motifs is 1. The maximum Gasteiger partial charge on any atom is 0.267 e. The van der Waals surface area contributed by atoms with Crippen molar-refractivity contribution >= 4 is 33.7 Å². The van der Waals surface area contributed by atoms with E-state index in [9.17, 15) is 4.79 Å². The molecule has 0 spiro atoms.